The number of hydrogen-bond donors (Lipinski definition) is 2. The highest BCUT2D eigenvalue weighted by molar-refractivity contribution is 5.75. The van der Waals surface area contributed by atoms with Crippen LogP contribution in [0.4, 0.5) is 5.82 Å². The molecule has 2 aromatic heterocycles. The minimum Gasteiger partial charge on any atom is -0.386 e. The van der Waals surface area contributed by atoms with E-state index in [4.69, 9.17) is 0 Å². The lowest BCUT2D eigenvalue weighted by Crippen LogP contribution is -2.45. The van der Waals surface area contributed by atoms with E-state index in [2.05, 4.69) is 20.3 Å². The van der Waals surface area contributed by atoms with E-state index >= 15 is 0 Å². The normalized spacial score (nSPS) is 19.7. The number of nitrogens with zero attached hydrogens (tertiary/aromatic N) is 5. The number of carbonyl (C=O) groups excluding carboxylic acids is 1. The van der Waals surface area contributed by atoms with Gasteiger partial charge in [0.25, 0.3) is 0 Å². The minimum absolute atomic E-state index is 0.0643. The molecule has 2 aromatic rings. The molecule has 1 fully saturated rings. The number of rotatable bonds is 7. The van der Waals surface area contributed by atoms with Crippen molar-refractivity contribution in [2.75, 3.05) is 24.5 Å². The maximum Gasteiger partial charge on any atom is 0.221 e. The summed E-state index contributed by atoms with van der Waals surface area (Å²) in [5.74, 6) is 1.72. The van der Waals surface area contributed by atoms with Crippen molar-refractivity contribution < 1.29 is 9.90 Å². The number of amides is 1. The second-order valence-corrected chi connectivity index (χ2v) is 6.83. The zero-order valence-electron chi connectivity index (χ0n) is 15.4. The second kappa shape index (κ2) is 7.82. The summed E-state index contributed by atoms with van der Waals surface area (Å²) in [6, 6.07) is 1.90. The van der Waals surface area contributed by atoms with Gasteiger partial charge in [-0.1, -0.05) is 6.92 Å². The van der Waals surface area contributed by atoms with Gasteiger partial charge in [-0.3, -0.25) is 4.79 Å². The van der Waals surface area contributed by atoms with E-state index in [1.807, 2.05) is 35.6 Å². The van der Waals surface area contributed by atoms with Gasteiger partial charge in [0.15, 0.2) is 0 Å². The predicted molar refractivity (Wildman–Crippen MR) is 97.8 cm³/mol. The Morgan fingerprint density at radius 1 is 1.38 bits per heavy atom. The smallest absolute Gasteiger partial charge is 0.221 e. The largest absolute Gasteiger partial charge is 0.386 e. The third-order valence-electron chi connectivity index (χ3n) is 4.76. The maximum absolute atomic E-state index is 12.1. The Hall–Kier alpha value is -2.48. The van der Waals surface area contributed by atoms with Gasteiger partial charge < -0.3 is 19.9 Å². The van der Waals surface area contributed by atoms with Crippen molar-refractivity contribution in [2.24, 2.45) is 0 Å². The average molecular weight is 358 g/mol. The van der Waals surface area contributed by atoms with Crippen molar-refractivity contribution in [3.8, 4) is 0 Å². The molecule has 26 heavy (non-hydrogen) atoms. The summed E-state index contributed by atoms with van der Waals surface area (Å²) in [5.41, 5.74) is -0.0392. The van der Waals surface area contributed by atoms with Crippen LogP contribution in [0.3, 0.4) is 0 Å². The van der Waals surface area contributed by atoms with E-state index in [9.17, 15) is 9.90 Å². The molecule has 3 heterocycles. The van der Waals surface area contributed by atoms with Gasteiger partial charge in [0.05, 0.1) is 0 Å². The van der Waals surface area contributed by atoms with Gasteiger partial charge >= 0.3 is 0 Å². The number of β-amino-alcohol motifs (C(OH)–C–C–N with tert-alkyl or cyclic N) is 1. The molecule has 0 bridgehead atoms. The number of aryl methyl sites for hydroxylation is 3. The van der Waals surface area contributed by atoms with E-state index in [-0.39, 0.29) is 12.5 Å². The van der Waals surface area contributed by atoms with E-state index < -0.39 is 5.60 Å². The molecule has 0 aromatic carbocycles. The van der Waals surface area contributed by atoms with E-state index in [1.54, 1.807) is 6.20 Å². The molecular weight excluding hydrogens is 332 g/mol. The summed E-state index contributed by atoms with van der Waals surface area (Å²) in [7, 11) is 0. The van der Waals surface area contributed by atoms with Crippen LogP contribution in [0.25, 0.3) is 0 Å². The average Bonchev–Trinajstić information content (AvgIpc) is 3.25. The van der Waals surface area contributed by atoms with Crippen LogP contribution in [-0.2, 0) is 17.8 Å². The minimum atomic E-state index is -0.932. The number of nitrogens with one attached hydrogen (secondary N) is 1. The Labute approximate surface area is 153 Å². The molecule has 1 saturated heterocycles. The summed E-state index contributed by atoms with van der Waals surface area (Å²) < 4.78 is 1.99. The van der Waals surface area contributed by atoms with Crippen LogP contribution in [0.15, 0.2) is 24.8 Å². The van der Waals surface area contributed by atoms with Gasteiger partial charge in [0, 0.05) is 63.2 Å². The van der Waals surface area contributed by atoms with Crippen molar-refractivity contribution in [1.82, 2.24) is 24.8 Å². The number of carbonyl (C=O) groups is 1. The van der Waals surface area contributed by atoms with E-state index in [0.29, 0.717) is 32.5 Å². The van der Waals surface area contributed by atoms with Crippen molar-refractivity contribution in [3.05, 3.63) is 36.3 Å². The standard InChI is InChI=1S/C18H26N6O2/c1-3-15-19-6-9-23(15)7-4-17(25)20-11-18(26)5-8-24(12-18)16-10-14(2)21-13-22-16/h6,9-10,13,26H,3-5,7-8,11-12H2,1-2H3,(H,20,25)/t18-/m0/s1. The molecule has 1 aliphatic rings. The molecule has 2 N–H and O–H groups in total. The van der Waals surface area contributed by atoms with Gasteiger partial charge in [-0.25, -0.2) is 15.0 Å². The van der Waals surface area contributed by atoms with E-state index in [1.165, 1.54) is 6.33 Å². The molecule has 3 rings (SSSR count). The highest BCUT2D eigenvalue weighted by Gasteiger charge is 2.36. The highest BCUT2D eigenvalue weighted by atomic mass is 16.3. The Bertz CT molecular complexity index is 762. The SMILES string of the molecule is CCc1nccn1CCC(=O)NC[C@@]1(O)CCN(c2cc(C)ncn2)C1. The summed E-state index contributed by atoms with van der Waals surface area (Å²) >= 11 is 0. The van der Waals surface area contributed by atoms with Crippen LogP contribution in [0.2, 0.25) is 0 Å². The van der Waals surface area contributed by atoms with Gasteiger partial charge in [0.1, 0.15) is 23.6 Å². The quantitative estimate of drug-likeness (QED) is 0.756. The third kappa shape index (κ3) is 4.37. The van der Waals surface area contributed by atoms with Crippen LogP contribution < -0.4 is 10.2 Å². The molecular formula is C18H26N6O2. The fourth-order valence-corrected chi connectivity index (χ4v) is 3.24. The molecule has 0 radical (unpaired) electrons. The molecule has 8 nitrogen and oxygen atoms in total. The molecule has 0 unspecified atom stereocenters. The lowest BCUT2D eigenvalue weighted by atomic mass is 10.0. The first-order valence-electron chi connectivity index (χ1n) is 9.02. The van der Waals surface area contributed by atoms with Crippen LogP contribution in [0.1, 0.15) is 31.3 Å². The predicted octanol–water partition coefficient (Wildman–Crippen LogP) is 0.692. The van der Waals surface area contributed by atoms with E-state index in [0.717, 1.165) is 23.8 Å². The number of aliphatic hydroxyl groups is 1. The molecule has 0 saturated carbocycles. The second-order valence-electron chi connectivity index (χ2n) is 6.83. The number of hydrogen-bond acceptors (Lipinski definition) is 6. The van der Waals surface area contributed by atoms with Crippen LogP contribution >= 0.6 is 0 Å². The van der Waals surface area contributed by atoms with Gasteiger partial charge in [-0.15, -0.1) is 0 Å². The number of anilines is 1. The lowest BCUT2D eigenvalue weighted by molar-refractivity contribution is -0.122. The Balaban J connectivity index is 1.47. The topological polar surface area (TPSA) is 96.2 Å². The molecule has 0 spiro atoms. The Morgan fingerprint density at radius 3 is 3.00 bits per heavy atom. The Morgan fingerprint density at radius 2 is 2.23 bits per heavy atom. The monoisotopic (exact) mass is 358 g/mol. The summed E-state index contributed by atoms with van der Waals surface area (Å²) in [5, 5.41) is 13.6. The summed E-state index contributed by atoms with van der Waals surface area (Å²) in [4.78, 5) is 26.8. The van der Waals surface area contributed by atoms with Crippen molar-refractivity contribution in [1.29, 1.82) is 0 Å². The molecule has 0 aliphatic carbocycles. The zero-order valence-corrected chi connectivity index (χ0v) is 15.4. The fraction of sp³-hybridized carbons (Fsp3) is 0.556. The fourth-order valence-electron chi connectivity index (χ4n) is 3.24. The Kier molecular flexibility index (Phi) is 5.51. The molecule has 1 atom stereocenters. The van der Waals surface area contributed by atoms with Crippen molar-refractivity contribution in [3.63, 3.8) is 0 Å². The summed E-state index contributed by atoms with van der Waals surface area (Å²) in [6.45, 7) is 5.96. The summed E-state index contributed by atoms with van der Waals surface area (Å²) in [6.07, 6.45) is 6.98. The van der Waals surface area contributed by atoms with Crippen molar-refractivity contribution >= 4 is 11.7 Å². The van der Waals surface area contributed by atoms with Gasteiger partial charge in [-0.05, 0) is 13.3 Å². The number of aromatic nitrogens is 4. The molecule has 8 heteroatoms. The van der Waals surface area contributed by atoms with Crippen molar-refractivity contribution in [2.45, 2.75) is 45.3 Å². The molecule has 140 valence electrons. The first-order valence-corrected chi connectivity index (χ1v) is 9.02. The first kappa shape index (κ1) is 18.3. The van der Waals surface area contributed by atoms with Gasteiger partial charge in [-0.2, -0.15) is 0 Å². The van der Waals surface area contributed by atoms with Gasteiger partial charge in [0.2, 0.25) is 5.91 Å². The lowest BCUT2D eigenvalue weighted by Gasteiger charge is -2.24. The molecule has 1 amide bonds. The van der Waals surface area contributed by atoms with Crippen LogP contribution in [0, 0.1) is 6.92 Å². The first-order chi connectivity index (χ1) is 12.5. The molecule has 1 aliphatic heterocycles. The maximum atomic E-state index is 12.1. The third-order valence-corrected chi connectivity index (χ3v) is 4.76. The van der Waals surface area contributed by atoms with Crippen LogP contribution in [0.5, 0.6) is 0 Å². The van der Waals surface area contributed by atoms with Crippen LogP contribution in [-0.4, -0.2) is 55.8 Å². The highest BCUT2D eigenvalue weighted by Crippen LogP contribution is 2.25. The zero-order chi connectivity index (χ0) is 18.6. The number of imidazole rings is 1.